The van der Waals surface area contributed by atoms with E-state index in [1.165, 1.54) is 19.1 Å². The molecule has 10 heteroatoms. The summed E-state index contributed by atoms with van der Waals surface area (Å²) in [5, 5.41) is 16.2. The van der Waals surface area contributed by atoms with E-state index >= 15 is 0 Å². The number of benzene rings is 1. The predicted molar refractivity (Wildman–Crippen MR) is 98.1 cm³/mol. The fourth-order valence-electron chi connectivity index (χ4n) is 2.93. The Hall–Kier alpha value is -3.17. The van der Waals surface area contributed by atoms with Crippen LogP contribution in [0.3, 0.4) is 0 Å². The topological polar surface area (TPSA) is 137 Å². The third-order valence-electron chi connectivity index (χ3n) is 4.43. The van der Waals surface area contributed by atoms with Crippen LogP contribution in [-0.2, 0) is 9.53 Å². The monoisotopic (exact) mass is 393 g/mol. The number of ether oxygens (including phenoxy) is 2. The lowest BCUT2D eigenvalue weighted by Crippen LogP contribution is -2.48. The van der Waals surface area contributed by atoms with Gasteiger partial charge in [-0.15, -0.1) is 0 Å². The van der Waals surface area contributed by atoms with Crippen molar-refractivity contribution in [3.05, 3.63) is 33.9 Å². The molecule has 1 aliphatic rings. The lowest BCUT2D eigenvalue weighted by Gasteiger charge is -2.23. The van der Waals surface area contributed by atoms with E-state index in [1.54, 1.807) is 0 Å². The number of hydrogen-bond donors (Lipinski definition) is 2. The standard InChI is InChI=1S/C18H23N3O7/c1-11(16(22)20-18(24)19-13-6-4-3-5-7-13)28-15-9-8-12(17(23)27-2)10-14(15)21(25)26/h8-11,13H,3-7H2,1-2H3,(H2,19,20,22,24)/t11-/m0/s1. The zero-order chi connectivity index (χ0) is 20.7. The van der Waals surface area contributed by atoms with Gasteiger partial charge in [0.25, 0.3) is 5.91 Å². The predicted octanol–water partition coefficient (Wildman–Crippen LogP) is 2.31. The van der Waals surface area contributed by atoms with Crippen molar-refractivity contribution in [3.63, 3.8) is 0 Å². The van der Waals surface area contributed by atoms with E-state index in [1.807, 2.05) is 0 Å². The molecule has 0 bridgehead atoms. The summed E-state index contributed by atoms with van der Waals surface area (Å²) in [5.41, 5.74) is -0.514. The van der Waals surface area contributed by atoms with E-state index in [0.29, 0.717) is 0 Å². The zero-order valence-electron chi connectivity index (χ0n) is 15.7. The number of esters is 1. The normalized spacial score (nSPS) is 15.2. The molecule has 0 aromatic heterocycles. The number of carbonyl (C=O) groups excluding carboxylic acids is 3. The number of hydrogen-bond acceptors (Lipinski definition) is 7. The number of nitrogens with one attached hydrogen (secondary N) is 2. The number of nitro benzene ring substituents is 1. The molecule has 10 nitrogen and oxygen atoms in total. The van der Waals surface area contributed by atoms with Crippen molar-refractivity contribution in [2.45, 2.75) is 51.2 Å². The average molecular weight is 393 g/mol. The molecule has 3 amide bonds. The summed E-state index contributed by atoms with van der Waals surface area (Å²) in [4.78, 5) is 46.1. The van der Waals surface area contributed by atoms with Crippen LogP contribution in [0.4, 0.5) is 10.5 Å². The Bertz CT molecular complexity index is 760. The Morgan fingerprint density at radius 3 is 2.50 bits per heavy atom. The summed E-state index contributed by atoms with van der Waals surface area (Å²) in [5.74, 6) is -1.67. The molecule has 0 heterocycles. The Kier molecular flexibility index (Phi) is 7.30. The molecule has 1 saturated carbocycles. The number of nitrogens with zero attached hydrogens (tertiary/aromatic N) is 1. The van der Waals surface area contributed by atoms with Crippen molar-refractivity contribution in [1.82, 2.24) is 10.6 Å². The summed E-state index contributed by atoms with van der Waals surface area (Å²) in [6.45, 7) is 1.36. The first-order valence-electron chi connectivity index (χ1n) is 8.96. The van der Waals surface area contributed by atoms with E-state index in [4.69, 9.17) is 4.74 Å². The number of rotatable bonds is 6. The van der Waals surface area contributed by atoms with Crippen LogP contribution in [0.15, 0.2) is 18.2 Å². The van der Waals surface area contributed by atoms with E-state index in [0.717, 1.165) is 45.3 Å². The molecule has 0 aliphatic heterocycles. The maximum atomic E-state index is 12.2. The van der Waals surface area contributed by atoms with Gasteiger partial charge in [-0.2, -0.15) is 0 Å². The lowest BCUT2D eigenvalue weighted by molar-refractivity contribution is -0.386. The van der Waals surface area contributed by atoms with E-state index in [2.05, 4.69) is 15.4 Å². The molecular formula is C18H23N3O7. The van der Waals surface area contributed by atoms with Crippen molar-refractivity contribution in [3.8, 4) is 5.75 Å². The van der Waals surface area contributed by atoms with Crippen LogP contribution in [0.25, 0.3) is 0 Å². The molecule has 0 radical (unpaired) electrons. The molecule has 1 fully saturated rings. The van der Waals surface area contributed by atoms with Crippen molar-refractivity contribution in [2.75, 3.05) is 7.11 Å². The molecular weight excluding hydrogens is 370 g/mol. The summed E-state index contributed by atoms with van der Waals surface area (Å²) < 4.78 is 9.87. The Morgan fingerprint density at radius 2 is 1.89 bits per heavy atom. The maximum absolute atomic E-state index is 12.2. The van der Waals surface area contributed by atoms with Crippen molar-refractivity contribution in [1.29, 1.82) is 0 Å². The fourth-order valence-corrected chi connectivity index (χ4v) is 2.93. The molecule has 152 valence electrons. The minimum Gasteiger partial charge on any atom is -0.474 e. The molecule has 0 saturated heterocycles. The summed E-state index contributed by atoms with van der Waals surface area (Å²) >= 11 is 0. The van der Waals surface area contributed by atoms with E-state index < -0.39 is 34.6 Å². The Balaban J connectivity index is 1.99. The van der Waals surface area contributed by atoms with Gasteiger partial charge >= 0.3 is 17.7 Å². The third-order valence-corrected chi connectivity index (χ3v) is 4.43. The molecule has 0 spiro atoms. The molecule has 1 aromatic rings. The van der Waals surface area contributed by atoms with Crippen LogP contribution in [-0.4, -0.2) is 42.1 Å². The second kappa shape index (κ2) is 9.67. The summed E-state index contributed by atoms with van der Waals surface area (Å²) in [6, 6.07) is 2.90. The number of methoxy groups -OCH3 is 1. The zero-order valence-corrected chi connectivity index (χ0v) is 15.7. The fraction of sp³-hybridized carbons (Fsp3) is 0.500. The molecule has 28 heavy (non-hydrogen) atoms. The Morgan fingerprint density at radius 1 is 1.21 bits per heavy atom. The molecule has 1 aliphatic carbocycles. The van der Waals surface area contributed by atoms with Crippen LogP contribution in [0.2, 0.25) is 0 Å². The highest BCUT2D eigenvalue weighted by molar-refractivity contribution is 5.96. The van der Waals surface area contributed by atoms with Crippen LogP contribution < -0.4 is 15.4 Å². The quantitative estimate of drug-likeness (QED) is 0.430. The molecule has 1 atom stereocenters. The number of amides is 3. The SMILES string of the molecule is COC(=O)c1ccc(O[C@@H](C)C(=O)NC(=O)NC2CCCCC2)c([N+](=O)[O-])c1. The second-order valence-corrected chi connectivity index (χ2v) is 6.49. The van der Waals surface area contributed by atoms with Gasteiger partial charge in [0.05, 0.1) is 17.6 Å². The number of nitro groups is 1. The van der Waals surface area contributed by atoms with Crippen molar-refractivity contribution in [2.24, 2.45) is 0 Å². The first-order valence-corrected chi connectivity index (χ1v) is 8.96. The van der Waals surface area contributed by atoms with E-state index in [9.17, 15) is 24.5 Å². The molecule has 0 unspecified atom stereocenters. The van der Waals surface area contributed by atoms with E-state index in [-0.39, 0.29) is 17.4 Å². The highest BCUT2D eigenvalue weighted by Crippen LogP contribution is 2.29. The molecule has 1 aromatic carbocycles. The van der Waals surface area contributed by atoms with Crippen LogP contribution >= 0.6 is 0 Å². The van der Waals surface area contributed by atoms with Gasteiger partial charge in [0.15, 0.2) is 11.9 Å². The van der Waals surface area contributed by atoms with Gasteiger partial charge in [0.2, 0.25) is 0 Å². The van der Waals surface area contributed by atoms with Gasteiger partial charge in [0.1, 0.15) is 0 Å². The molecule has 2 rings (SSSR count). The first-order chi connectivity index (χ1) is 13.3. The third kappa shape index (κ3) is 5.66. The second-order valence-electron chi connectivity index (χ2n) is 6.49. The smallest absolute Gasteiger partial charge is 0.338 e. The highest BCUT2D eigenvalue weighted by atomic mass is 16.6. The summed E-state index contributed by atoms with van der Waals surface area (Å²) in [6.07, 6.45) is 3.77. The minimum absolute atomic E-state index is 0.0227. The minimum atomic E-state index is -1.17. The Labute approximate surface area is 161 Å². The van der Waals surface area contributed by atoms with Crippen molar-refractivity contribution >= 4 is 23.6 Å². The largest absolute Gasteiger partial charge is 0.474 e. The average Bonchev–Trinajstić information content (AvgIpc) is 2.68. The lowest BCUT2D eigenvalue weighted by atomic mass is 9.96. The van der Waals surface area contributed by atoms with Crippen molar-refractivity contribution < 1.29 is 28.8 Å². The van der Waals surface area contributed by atoms with Gasteiger partial charge in [-0.3, -0.25) is 20.2 Å². The maximum Gasteiger partial charge on any atom is 0.338 e. The van der Waals surface area contributed by atoms with Gasteiger partial charge in [0, 0.05) is 12.1 Å². The number of imide groups is 1. The first kappa shape index (κ1) is 21.1. The number of urea groups is 1. The van der Waals surface area contributed by atoms with Gasteiger partial charge in [-0.25, -0.2) is 9.59 Å². The van der Waals surface area contributed by atoms with Gasteiger partial charge in [-0.05, 0) is 31.9 Å². The summed E-state index contributed by atoms with van der Waals surface area (Å²) in [7, 11) is 1.16. The molecule has 2 N–H and O–H groups in total. The number of carbonyl (C=O) groups is 3. The van der Waals surface area contributed by atoms with Crippen LogP contribution in [0.1, 0.15) is 49.4 Å². The highest BCUT2D eigenvalue weighted by Gasteiger charge is 2.25. The van der Waals surface area contributed by atoms with Crippen LogP contribution in [0.5, 0.6) is 5.75 Å². The van der Waals surface area contributed by atoms with Crippen LogP contribution in [0, 0.1) is 10.1 Å². The van der Waals surface area contributed by atoms with Gasteiger partial charge in [-0.1, -0.05) is 19.3 Å². The van der Waals surface area contributed by atoms with Gasteiger partial charge < -0.3 is 14.8 Å².